The molecule has 0 spiro atoms. The second kappa shape index (κ2) is 8.11. The summed E-state index contributed by atoms with van der Waals surface area (Å²) >= 11 is 0. The minimum Gasteiger partial charge on any atom is -0.454 e. The lowest BCUT2D eigenvalue weighted by Crippen LogP contribution is -2.30. The number of hydrogen-bond acceptors (Lipinski definition) is 7. The number of nitrogens with zero attached hydrogens (tertiary/aromatic N) is 3. The topological polar surface area (TPSA) is 88.6 Å². The van der Waals surface area contributed by atoms with E-state index in [-0.39, 0.29) is 12.7 Å². The van der Waals surface area contributed by atoms with Gasteiger partial charge in [-0.15, -0.1) is 0 Å². The molecule has 2 aliphatic heterocycles. The van der Waals surface area contributed by atoms with Crippen LogP contribution >= 0.6 is 0 Å². The average molecular weight is 369 g/mol. The maximum absolute atomic E-state index is 12.1. The van der Waals surface area contributed by atoms with Gasteiger partial charge in [0.1, 0.15) is 18.0 Å². The molecule has 1 fully saturated rings. The fourth-order valence-electron chi connectivity index (χ4n) is 3.25. The van der Waals surface area contributed by atoms with Crippen molar-refractivity contribution in [2.75, 3.05) is 43.2 Å². The molecule has 2 aliphatic rings. The summed E-state index contributed by atoms with van der Waals surface area (Å²) < 4.78 is 10.6. The molecule has 0 saturated carbocycles. The first-order chi connectivity index (χ1) is 13.3. The number of nitrogens with one attached hydrogen (secondary N) is 2. The second-order valence-electron chi connectivity index (χ2n) is 6.60. The van der Waals surface area contributed by atoms with Crippen molar-refractivity contribution in [1.29, 1.82) is 0 Å². The van der Waals surface area contributed by atoms with Gasteiger partial charge < -0.3 is 25.0 Å². The van der Waals surface area contributed by atoms with Crippen LogP contribution in [0.15, 0.2) is 30.6 Å². The smallest absolute Gasteiger partial charge is 0.231 e. The zero-order valence-corrected chi connectivity index (χ0v) is 15.1. The molecule has 8 nitrogen and oxygen atoms in total. The van der Waals surface area contributed by atoms with Crippen LogP contribution in [0.4, 0.5) is 11.6 Å². The summed E-state index contributed by atoms with van der Waals surface area (Å²) in [6.07, 6.45) is 4.31. The van der Waals surface area contributed by atoms with Crippen LogP contribution in [-0.2, 0) is 11.2 Å². The van der Waals surface area contributed by atoms with Gasteiger partial charge in [-0.3, -0.25) is 4.79 Å². The molecule has 8 heteroatoms. The predicted molar refractivity (Wildman–Crippen MR) is 101 cm³/mol. The van der Waals surface area contributed by atoms with E-state index in [1.807, 2.05) is 24.3 Å². The summed E-state index contributed by atoms with van der Waals surface area (Å²) in [4.78, 5) is 22.9. The van der Waals surface area contributed by atoms with E-state index < -0.39 is 0 Å². The third kappa shape index (κ3) is 4.39. The number of benzene rings is 1. The minimum absolute atomic E-state index is 0.0314. The van der Waals surface area contributed by atoms with Gasteiger partial charge >= 0.3 is 0 Å². The standard InChI is InChI=1S/C19H23N5O3/c25-19(10-14-3-4-15-16(9-14)27-13-26-15)21-6-5-20-17-11-18(23-12-22-17)24-7-1-2-8-24/h3-4,9,11-12H,1-2,5-8,10,13H2,(H,21,25)(H,20,22,23). The molecule has 3 heterocycles. The molecular weight excluding hydrogens is 346 g/mol. The lowest BCUT2D eigenvalue weighted by atomic mass is 10.1. The number of amides is 1. The van der Waals surface area contributed by atoms with Crippen LogP contribution in [0.1, 0.15) is 18.4 Å². The van der Waals surface area contributed by atoms with E-state index >= 15 is 0 Å². The molecule has 1 amide bonds. The zero-order valence-electron chi connectivity index (χ0n) is 15.1. The number of carbonyl (C=O) groups excluding carboxylic acids is 1. The van der Waals surface area contributed by atoms with Crippen LogP contribution in [-0.4, -0.2) is 48.8 Å². The number of rotatable bonds is 7. The van der Waals surface area contributed by atoms with Crippen molar-refractivity contribution >= 4 is 17.5 Å². The van der Waals surface area contributed by atoms with E-state index in [1.54, 1.807) is 6.33 Å². The summed E-state index contributed by atoms with van der Waals surface area (Å²) in [6, 6.07) is 7.52. The van der Waals surface area contributed by atoms with Crippen molar-refractivity contribution in [3.63, 3.8) is 0 Å². The van der Waals surface area contributed by atoms with E-state index in [0.29, 0.717) is 25.3 Å². The molecule has 2 N–H and O–H groups in total. The number of anilines is 2. The van der Waals surface area contributed by atoms with Crippen molar-refractivity contribution < 1.29 is 14.3 Å². The monoisotopic (exact) mass is 369 g/mol. The number of carbonyl (C=O) groups is 1. The van der Waals surface area contributed by atoms with Crippen molar-refractivity contribution in [2.45, 2.75) is 19.3 Å². The second-order valence-corrected chi connectivity index (χ2v) is 6.60. The molecular formula is C19H23N5O3. The Bertz CT molecular complexity index is 808. The van der Waals surface area contributed by atoms with Gasteiger partial charge in [-0.05, 0) is 30.5 Å². The molecule has 4 rings (SSSR count). The van der Waals surface area contributed by atoms with Gasteiger partial charge in [0.15, 0.2) is 11.5 Å². The highest BCUT2D eigenvalue weighted by atomic mass is 16.7. The van der Waals surface area contributed by atoms with Crippen LogP contribution in [0, 0.1) is 0 Å². The summed E-state index contributed by atoms with van der Waals surface area (Å²) in [5.74, 6) is 3.12. The van der Waals surface area contributed by atoms with Gasteiger partial charge in [-0.25, -0.2) is 9.97 Å². The van der Waals surface area contributed by atoms with E-state index in [4.69, 9.17) is 9.47 Å². The third-order valence-corrected chi connectivity index (χ3v) is 4.64. The first-order valence-electron chi connectivity index (χ1n) is 9.24. The Balaban J connectivity index is 1.21. The molecule has 142 valence electrons. The van der Waals surface area contributed by atoms with Gasteiger partial charge in [0, 0.05) is 32.2 Å². The van der Waals surface area contributed by atoms with E-state index in [1.165, 1.54) is 12.8 Å². The number of fused-ring (bicyclic) bond motifs is 1. The normalized spacial score (nSPS) is 15.0. The summed E-state index contributed by atoms with van der Waals surface area (Å²) in [5.41, 5.74) is 0.899. The maximum Gasteiger partial charge on any atom is 0.231 e. The Morgan fingerprint density at radius 1 is 1.07 bits per heavy atom. The zero-order chi connectivity index (χ0) is 18.5. The average Bonchev–Trinajstić information content (AvgIpc) is 3.37. The van der Waals surface area contributed by atoms with E-state index in [2.05, 4.69) is 25.5 Å². The van der Waals surface area contributed by atoms with E-state index in [0.717, 1.165) is 36.0 Å². The molecule has 0 unspecified atom stereocenters. The summed E-state index contributed by atoms with van der Waals surface area (Å²) in [6.45, 7) is 3.45. The highest BCUT2D eigenvalue weighted by molar-refractivity contribution is 5.78. The van der Waals surface area contributed by atoms with Gasteiger partial charge in [0.05, 0.1) is 6.42 Å². The SMILES string of the molecule is O=C(Cc1ccc2c(c1)OCO2)NCCNc1cc(N2CCCC2)ncn1. The molecule has 0 aliphatic carbocycles. The van der Waals surface area contributed by atoms with Crippen LogP contribution in [0.2, 0.25) is 0 Å². The highest BCUT2D eigenvalue weighted by Gasteiger charge is 2.15. The van der Waals surface area contributed by atoms with E-state index in [9.17, 15) is 4.79 Å². The Labute approximate surface area is 157 Å². The Morgan fingerprint density at radius 2 is 1.93 bits per heavy atom. The maximum atomic E-state index is 12.1. The molecule has 0 atom stereocenters. The fourth-order valence-corrected chi connectivity index (χ4v) is 3.25. The lowest BCUT2D eigenvalue weighted by molar-refractivity contribution is -0.120. The van der Waals surface area contributed by atoms with Crippen LogP contribution in [0.25, 0.3) is 0 Å². The molecule has 0 bridgehead atoms. The Kier molecular flexibility index (Phi) is 5.22. The molecule has 1 aromatic carbocycles. The highest BCUT2D eigenvalue weighted by Crippen LogP contribution is 2.32. The summed E-state index contributed by atoms with van der Waals surface area (Å²) in [7, 11) is 0. The number of ether oxygens (including phenoxy) is 2. The minimum atomic E-state index is -0.0314. The number of hydrogen-bond donors (Lipinski definition) is 2. The van der Waals surface area contributed by atoms with Crippen molar-refractivity contribution in [2.24, 2.45) is 0 Å². The van der Waals surface area contributed by atoms with Crippen LogP contribution < -0.4 is 25.0 Å². The van der Waals surface area contributed by atoms with Crippen molar-refractivity contribution in [1.82, 2.24) is 15.3 Å². The molecule has 2 aromatic rings. The Hall–Kier alpha value is -3.03. The predicted octanol–water partition coefficient (Wildman–Crippen LogP) is 1.58. The van der Waals surface area contributed by atoms with Crippen LogP contribution in [0.3, 0.4) is 0 Å². The molecule has 0 radical (unpaired) electrons. The fraction of sp³-hybridized carbons (Fsp3) is 0.421. The first kappa shape index (κ1) is 17.4. The lowest BCUT2D eigenvalue weighted by Gasteiger charge is -2.16. The van der Waals surface area contributed by atoms with Gasteiger partial charge in [0.2, 0.25) is 12.7 Å². The summed E-state index contributed by atoms with van der Waals surface area (Å²) in [5, 5.41) is 6.14. The van der Waals surface area contributed by atoms with Gasteiger partial charge in [0.25, 0.3) is 0 Å². The number of aromatic nitrogens is 2. The first-order valence-corrected chi connectivity index (χ1v) is 9.24. The molecule has 1 aromatic heterocycles. The Morgan fingerprint density at radius 3 is 2.81 bits per heavy atom. The molecule has 1 saturated heterocycles. The third-order valence-electron chi connectivity index (χ3n) is 4.64. The van der Waals surface area contributed by atoms with Gasteiger partial charge in [-0.2, -0.15) is 0 Å². The van der Waals surface area contributed by atoms with Gasteiger partial charge in [-0.1, -0.05) is 6.07 Å². The van der Waals surface area contributed by atoms with Crippen molar-refractivity contribution in [3.05, 3.63) is 36.2 Å². The van der Waals surface area contributed by atoms with Crippen molar-refractivity contribution in [3.8, 4) is 11.5 Å². The quantitative estimate of drug-likeness (QED) is 0.716. The molecule has 27 heavy (non-hydrogen) atoms. The van der Waals surface area contributed by atoms with Crippen LogP contribution in [0.5, 0.6) is 11.5 Å². The largest absolute Gasteiger partial charge is 0.454 e.